The van der Waals surface area contributed by atoms with Crippen LogP contribution in [0, 0.1) is 0 Å². The number of aromatic nitrogens is 2. The van der Waals surface area contributed by atoms with Gasteiger partial charge in [0.1, 0.15) is 11.5 Å². The van der Waals surface area contributed by atoms with E-state index in [0.717, 1.165) is 17.4 Å². The molecular weight excluding hydrogens is 272 g/mol. The zero-order valence-electron chi connectivity index (χ0n) is 13.3. The summed E-state index contributed by atoms with van der Waals surface area (Å²) >= 11 is 0. The molecule has 0 aliphatic carbocycles. The average molecular weight is 298 g/mol. The molecule has 0 aromatic carbocycles. The number of unbranched alkanes of at least 4 members (excludes halogenated alkanes) is 1. The van der Waals surface area contributed by atoms with Crippen LogP contribution < -0.4 is 22.3 Å². The Balaban J connectivity index is 3.23. The lowest BCUT2D eigenvalue weighted by Crippen LogP contribution is -2.42. The molecule has 0 aliphatic rings. The standard InChI is InChI=1S/C14H26N4O3/c1-5-7-8-18-11(15)10(12(19)17(4)13(18)20)16-9-14(3,21)6-2/h16,21H,5-9,15H2,1-4H3. The summed E-state index contributed by atoms with van der Waals surface area (Å²) in [4.78, 5) is 24.3. The van der Waals surface area contributed by atoms with Crippen molar-refractivity contribution in [2.75, 3.05) is 17.6 Å². The Morgan fingerprint density at radius 1 is 1.33 bits per heavy atom. The first kappa shape index (κ1) is 17.3. The maximum absolute atomic E-state index is 12.2. The molecule has 21 heavy (non-hydrogen) atoms. The Hall–Kier alpha value is -1.76. The number of rotatable bonds is 7. The Bertz CT molecular complexity index is 601. The van der Waals surface area contributed by atoms with Gasteiger partial charge in [-0.05, 0) is 19.8 Å². The molecule has 120 valence electrons. The number of nitrogens with two attached hydrogens (primary N) is 1. The van der Waals surface area contributed by atoms with E-state index in [9.17, 15) is 14.7 Å². The van der Waals surface area contributed by atoms with Crippen LogP contribution in [0.3, 0.4) is 0 Å². The SMILES string of the molecule is CCCCn1c(N)c(NCC(C)(O)CC)c(=O)n(C)c1=O. The second-order valence-corrected chi connectivity index (χ2v) is 5.62. The highest BCUT2D eigenvalue weighted by atomic mass is 16.3. The van der Waals surface area contributed by atoms with E-state index in [1.807, 2.05) is 13.8 Å². The van der Waals surface area contributed by atoms with Crippen molar-refractivity contribution in [3.63, 3.8) is 0 Å². The summed E-state index contributed by atoms with van der Waals surface area (Å²) in [5.41, 5.74) is 4.30. The van der Waals surface area contributed by atoms with Crippen LogP contribution in [0.25, 0.3) is 0 Å². The van der Waals surface area contributed by atoms with Crippen molar-refractivity contribution in [2.45, 2.75) is 52.2 Å². The number of aliphatic hydroxyl groups is 1. The number of nitrogen functional groups attached to an aromatic ring is 1. The van der Waals surface area contributed by atoms with E-state index < -0.39 is 16.9 Å². The first-order valence-electron chi connectivity index (χ1n) is 7.30. The maximum atomic E-state index is 12.2. The van der Waals surface area contributed by atoms with Crippen molar-refractivity contribution in [3.8, 4) is 0 Å². The quantitative estimate of drug-likeness (QED) is 0.680. The number of nitrogens with one attached hydrogen (secondary N) is 1. The Kier molecular flexibility index (Phi) is 5.60. The van der Waals surface area contributed by atoms with Gasteiger partial charge in [0.15, 0.2) is 0 Å². The van der Waals surface area contributed by atoms with Gasteiger partial charge in [-0.15, -0.1) is 0 Å². The summed E-state index contributed by atoms with van der Waals surface area (Å²) in [6.07, 6.45) is 2.26. The normalized spacial score (nSPS) is 14.0. The molecule has 0 radical (unpaired) electrons. The molecule has 0 bridgehead atoms. The predicted molar refractivity (Wildman–Crippen MR) is 84.7 cm³/mol. The number of nitrogens with zero attached hydrogens (tertiary/aromatic N) is 2. The summed E-state index contributed by atoms with van der Waals surface area (Å²) in [7, 11) is 1.43. The maximum Gasteiger partial charge on any atom is 0.332 e. The molecule has 0 aliphatic heterocycles. The third-order valence-corrected chi connectivity index (χ3v) is 3.73. The van der Waals surface area contributed by atoms with Crippen LogP contribution in [0.2, 0.25) is 0 Å². The van der Waals surface area contributed by atoms with E-state index in [4.69, 9.17) is 5.73 Å². The van der Waals surface area contributed by atoms with Gasteiger partial charge >= 0.3 is 5.69 Å². The van der Waals surface area contributed by atoms with Gasteiger partial charge in [0.25, 0.3) is 5.56 Å². The van der Waals surface area contributed by atoms with Crippen LogP contribution in [0.5, 0.6) is 0 Å². The van der Waals surface area contributed by atoms with Crippen molar-refractivity contribution in [2.24, 2.45) is 7.05 Å². The second kappa shape index (κ2) is 6.80. The van der Waals surface area contributed by atoms with Gasteiger partial charge in [-0.25, -0.2) is 4.79 Å². The van der Waals surface area contributed by atoms with Gasteiger partial charge in [-0.1, -0.05) is 20.3 Å². The molecule has 7 heteroatoms. The predicted octanol–water partition coefficient (Wildman–Crippen LogP) is 0.502. The van der Waals surface area contributed by atoms with Crippen LogP contribution in [-0.2, 0) is 13.6 Å². The van der Waals surface area contributed by atoms with Crippen LogP contribution >= 0.6 is 0 Å². The minimum atomic E-state index is -0.943. The zero-order chi connectivity index (χ0) is 16.2. The van der Waals surface area contributed by atoms with Crippen LogP contribution in [0.1, 0.15) is 40.0 Å². The zero-order valence-corrected chi connectivity index (χ0v) is 13.3. The van der Waals surface area contributed by atoms with Gasteiger partial charge in [0.2, 0.25) is 0 Å². The highest BCUT2D eigenvalue weighted by Gasteiger charge is 2.20. The van der Waals surface area contributed by atoms with Crippen LogP contribution in [0.4, 0.5) is 11.5 Å². The summed E-state index contributed by atoms with van der Waals surface area (Å²) in [5.74, 6) is 0.128. The summed E-state index contributed by atoms with van der Waals surface area (Å²) in [6, 6.07) is 0. The third-order valence-electron chi connectivity index (χ3n) is 3.73. The molecular formula is C14H26N4O3. The Labute approximate surface area is 124 Å². The van der Waals surface area contributed by atoms with E-state index in [-0.39, 0.29) is 18.1 Å². The first-order valence-corrected chi connectivity index (χ1v) is 7.30. The topological polar surface area (TPSA) is 102 Å². The van der Waals surface area contributed by atoms with Crippen LogP contribution in [0.15, 0.2) is 9.59 Å². The lowest BCUT2D eigenvalue weighted by atomic mass is 10.0. The molecule has 0 amide bonds. The van der Waals surface area contributed by atoms with Gasteiger partial charge in [0, 0.05) is 20.1 Å². The fourth-order valence-corrected chi connectivity index (χ4v) is 1.89. The first-order chi connectivity index (χ1) is 9.75. The van der Waals surface area contributed by atoms with E-state index >= 15 is 0 Å². The third kappa shape index (κ3) is 3.87. The molecule has 1 aromatic heterocycles. The van der Waals surface area contributed by atoms with E-state index in [1.165, 1.54) is 11.6 Å². The molecule has 1 atom stereocenters. The van der Waals surface area contributed by atoms with E-state index in [1.54, 1.807) is 6.92 Å². The molecule has 0 saturated carbocycles. The lowest BCUT2D eigenvalue weighted by molar-refractivity contribution is 0.0697. The van der Waals surface area contributed by atoms with Crippen molar-refractivity contribution in [1.82, 2.24) is 9.13 Å². The fourth-order valence-electron chi connectivity index (χ4n) is 1.89. The highest BCUT2D eigenvalue weighted by Crippen LogP contribution is 2.15. The Morgan fingerprint density at radius 3 is 2.48 bits per heavy atom. The molecule has 0 spiro atoms. The molecule has 0 fully saturated rings. The molecule has 1 heterocycles. The fraction of sp³-hybridized carbons (Fsp3) is 0.714. The summed E-state index contributed by atoms with van der Waals surface area (Å²) < 4.78 is 2.43. The van der Waals surface area contributed by atoms with Gasteiger partial charge in [-0.2, -0.15) is 0 Å². The molecule has 4 N–H and O–H groups in total. The molecule has 1 aromatic rings. The molecule has 1 rings (SSSR count). The number of hydrogen-bond acceptors (Lipinski definition) is 5. The number of anilines is 2. The van der Waals surface area contributed by atoms with Gasteiger partial charge < -0.3 is 16.2 Å². The second-order valence-electron chi connectivity index (χ2n) is 5.62. The smallest absolute Gasteiger partial charge is 0.332 e. The van der Waals surface area contributed by atoms with Crippen molar-refractivity contribution < 1.29 is 5.11 Å². The summed E-state index contributed by atoms with van der Waals surface area (Å²) in [5, 5.41) is 12.9. The highest BCUT2D eigenvalue weighted by molar-refractivity contribution is 5.60. The minimum Gasteiger partial charge on any atom is -0.388 e. The van der Waals surface area contributed by atoms with Crippen molar-refractivity contribution in [3.05, 3.63) is 20.8 Å². The van der Waals surface area contributed by atoms with Crippen molar-refractivity contribution >= 4 is 11.5 Å². The molecule has 0 saturated heterocycles. The van der Waals surface area contributed by atoms with Crippen LogP contribution in [-0.4, -0.2) is 26.4 Å². The number of hydrogen-bond donors (Lipinski definition) is 3. The van der Waals surface area contributed by atoms with E-state index in [2.05, 4.69) is 5.32 Å². The monoisotopic (exact) mass is 298 g/mol. The average Bonchev–Trinajstić information content (AvgIpc) is 2.45. The van der Waals surface area contributed by atoms with Gasteiger partial charge in [-0.3, -0.25) is 13.9 Å². The molecule has 1 unspecified atom stereocenters. The molecule has 7 nitrogen and oxygen atoms in total. The lowest BCUT2D eigenvalue weighted by Gasteiger charge is -2.23. The minimum absolute atomic E-state index is 0.128. The Morgan fingerprint density at radius 2 is 1.95 bits per heavy atom. The van der Waals surface area contributed by atoms with Gasteiger partial charge in [0.05, 0.1) is 5.60 Å². The summed E-state index contributed by atoms with van der Waals surface area (Å²) in [6.45, 7) is 6.20. The van der Waals surface area contributed by atoms with Crippen molar-refractivity contribution in [1.29, 1.82) is 0 Å². The largest absolute Gasteiger partial charge is 0.388 e. The van der Waals surface area contributed by atoms with E-state index in [0.29, 0.717) is 13.0 Å².